The van der Waals surface area contributed by atoms with E-state index in [9.17, 15) is 9.59 Å². The maximum atomic E-state index is 11.0. The number of hydrogen-bond acceptors (Lipinski definition) is 4. The molecule has 0 fully saturated rings. The van der Waals surface area contributed by atoms with E-state index in [0.717, 1.165) is 0 Å². The monoisotopic (exact) mass is 165 g/mol. The number of rotatable bonds is 1. The Labute approximate surface area is 68.8 Å². The minimum absolute atomic E-state index is 0.132. The largest absolute Gasteiger partial charge is 0.291 e. The molecule has 12 heavy (non-hydrogen) atoms. The second-order valence-corrected chi connectivity index (χ2v) is 2.10. The second kappa shape index (κ2) is 3.56. The summed E-state index contributed by atoms with van der Waals surface area (Å²) in [5.74, 6) is -0.943. The van der Waals surface area contributed by atoms with Crippen LogP contribution < -0.4 is 5.32 Å². The molecule has 0 aromatic carbocycles. The van der Waals surface area contributed by atoms with Crippen LogP contribution in [0, 0.1) is 0 Å². The molecule has 1 heterocycles. The topological polar surface area (TPSA) is 72.0 Å². The van der Waals surface area contributed by atoms with Gasteiger partial charge in [-0.25, -0.2) is 4.98 Å². The van der Waals surface area contributed by atoms with Gasteiger partial charge in [-0.15, -0.1) is 0 Å². The summed E-state index contributed by atoms with van der Waals surface area (Å²) in [5.41, 5.74) is 0.132. The number of aromatic nitrogens is 2. The van der Waals surface area contributed by atoms with Gasteiger partial charge in [0.2, 0.25) is 5.91 Å². The van der Waals surface area contributed by atoms with Gasteiger partial charge in [0.15, 0.2) is 0 Å². The van der Waals surface area contributed by atoms with Crippen molar-refractivity contribution in [2.24, 2.45) is 0 Å². The van der Waals surface area contributed by atoms with Gasteiger partial charge in [-0.1, -0.05) is 0 Å². The van der Waals surface area contributed by atoms with E-state index >= 15 is 0 Å². The average Bonchev–Trinajstić information content (AvgIpc) is 2.05. The molecular weight excluding hydrogens is 158 g/mol. The van der Waals surface area contributed by atoms with E-state index in [4.69, 9.17) is 0 Å². The number of carbonyl (C=O) groups is 2. The number of amides is 2. The van der Waals surface area contributed by atoms with E-state index in [-0.39, 0.29) is 5.69 Å². The summed E-state index contributed by atoms with van der Waals surface area (Å²) in [4.78, 5) is 28.9. The Balaban J connectivity index is 2.73. The van der Waals surface area contributed by atoms with E-state index < -0.39 is 11.8 Å². The van der Waals surface area contributed by atoms with Crippen molar-refractivity contribution in [3.63, 3.8) is 0 Å². The summed E-state index contributed by atoms with van der Waals surface area (Å²) < 4.78 is 0. The summed E-state index contributed by atoms with van der Waals surface area (Å²) >= 11 is 0. The predicted octanol–water partition coefficient (Wildman–Crippen LogP) is -0.247. The van der Waals surface area contributed by atoms with Gasteiger partial charge < -0.3 is 0 Å². The zero-order valence-electron chi connectivity index (χ0n) is 6.44. The van der Waals surface area contributed by atoms with E-state index in [1.807, 2.05) is 0 Å². The highest BCUT2D eigenvalue weighted by molar-refractivity contribution is 6.02. The molecule has 0 aliphatic rings. The summed E-state index contributed by atoms with van der Waals surface area (Å²) in [6.45, 7) is 1.26. The highest BCUT2D eigenvalue weighted by atomic mass is 16.2. The molecule has 1 aromatic heterocycles. The van der Waals surface area contributed by atoms with Crippen LogP contribution >= 0.6 is 0 Å². The Kier molecular flexibility index (Phi) is 2.47. The molecule has 0 radical (unpaired) electrons. The lowest BCUT2D eigenvalue weighted by molar-refractivity contribution is -0.118. The highest BCUT2D eigenvalue weighted by Gasteiger charge is 2.07. The van der Waals surface area contributed by atoms with Gasteiger partial charge in [0.1, 0.15) is 5.69 Å². The third kappa shape index (κ3) is 2.12. The summed E-state index contributed by atoms with van der Waals surface area (Å²) in [6.07, 6.45) is 4.12. The second-order valence-electron chi connectivity index (χ2n) is 2.10. The van der Waals surface area contributed by atoms with Crippen molar-refractivity contribution in [2.45, 2.75) is 6.92 Å². The molecule has 0 unspecified atom stereocenters. The minimum atomic E-state index is -0.532. The SMILES string of the molecule is CC(=O)NC(=O)c1cnccn1. The smallest absolute Gasteiger partial charge is 0.278 e. The average molecular weight is 165 g/mol. The molecule has 1 rings (SSSR count). The Hall–Kier alpha value is -1.78. The predicted molar refractivity (Wildman–Crippen MR) is 40.2 cm³/mol. The van der Waals surface area contributed by atoms with Crippen LogP contribution in [0.15, 0.2) is 18.6 Å². The Morgan fingerprint density at radius 3 is 2.67 bits per heavy atom. The van der Waals surface area contributed by atoms with Crippen LogP contribution in [0.1, 0.15) is 17.4 Å². The number of nitrogens with one attached hydrogen (secondary N) is 1. The van der Waals surface area contributed by atoms with Crippen molar-refractivity contribution >= 4 is 11.8 Å². The summed E-state index contributed by atoms with van der Waals surface area (Å²) in [7, 11) is 0. The van der Waals surface area contributed by atoms with E-state index in [1.165, 1.54) is 25.5 Å². The van der Waals surface area contributed by atoms with E-state index in [0.29, 0.717) is 0 Å². The van der Waals surface area contributed by atoms with Crippen LogP contribution in [0.5, 0.6) is 0 Å². The molecule has 0 aliphatic heterocycles. The lowest BCUT2D eigenvalue weighted by Crippen LogP contribution is -2.28. The van der Waals surface area contributed by atoms with Crippen molar-refractivity contribution in [1.29, 1.82) is 0 Å². The molecule has 0 spiro atoms. The number of hydrogen-bond donors (Lipinski definition) is 1. The lowest BCUT2D eigenvalue weighted by atomic mass is 10.4. The standard InChI is InChI=1S/C7H7N3O2/c1-5(11)10-7(12)6-4-8-2-3-9-6/h2-4H,1H3,(H,10,11,12). The van der Waals surface area contributed by atoms with Crippen LogP contribution in [0.2, 0.25) is 0 Å². The Morgan fingerprint density at radius 2 is 2.17 bits per heavy atom. The van der Waals surface area contributed by atoms with Gasteiger partial charge >= 0.3 is 0 Å². The van der Waals surface area contributed by atoms with Crippen LogP contribution in [0.3, 0.4) is 0 Å². The number of carbonyl (C=O) groups excluding carboxylic acids is 2. The van der Waals surface area contributed by atoms with Gasteiger partial charge in [-0.3, -0.25) is 19.9 Å². The first-order valence-electron chi connectivity index (χ1n) is 3.28. The van der Waals surface area contributed by atoms with Gasteiger partial charge in [0, 0.05) is 19.3 Å². The van der Waals surface area contributed by atoms with Gasteiger partial charge in [0.25, 0.3) is 5.91 Å². The third-order valence-corrected chi connectivity index (χ3v) is 1.09. The fourth-order valence-electron chi connectivity index (χ4n) is 0.640. The van der Waals surface area contributed by atoms with Crippen LogP contribution in [-0.4, -0.2) is 21.8 Å². The molecule has 0 aliphatic carbocycles. The zero-order valence-corrected chi connectivity index (χ0v) is 6.44. The summed E-state index contributed by atoms with van der Waals surface area (Å²) in [5, 5.41) is 2.08. The molecule has 0 atom stereocenters. The maximum Gasteiger partial charge on any atom is 0.278 e. The normalized spacial score (nSPS) is 9.08. The fourth-order valence-corrected chi connectivity index (χ4v) is 0.640. The van der Waals surface area contributed by atoms with E-state index in [2.05, 4.69) is 15.3 Å². The van der Waals surface area contributed by atoms with E-state index in [1.54, 1.807) is 0 Å². The van der Waals surface area contributed by atoms with Crippen molar-refractivity contribution in [1.82, 2.24) is 15.3 Å². The van der Waals surface area contributed by atoms with Crippen molar-refractivity contribution in [3.05, 3.63) is 24.3 Å². The zero-order chi connectivity index (χ0) is 8.97. The van der Waals surface area contributed by atoms with Crippen LogP contribution in [-0.2, 0) is 4.79 Å². The fraction of sp³-hybridized carbons (Fsp3) is 0.143. The molecule has 5 nitrogen and oxygen atoms in total. The first-order valence-corrected chi connectivity index (χ1v) is 3.28. The molecule has 0 saturated heterocycles. The molecule has 1 aromatic rings. The minimum Gasteiger partial charge on any atom is -0.291 e. The van der Waals surface area contributed by atoms with Gasteiger partial charge in [-0.2, -0.15) is 0 Å². The Bertz CT molecular complexity index is 297. The van der Waals surface area contributed by atoms with Crippen LogP contribution in [0.4, 0.5) is 0 Å². The molecule has 62 valence electrons. The molecule has 5 heteroatoms. The molecule has 0 bridgehead atoms. The molecule has 1 N–H and O–H groups in total. The quantitative estimate of drug-likeness (QED) is 0.623. The van der Waals surface area contributed by atoms with Gasteiger partial charge in [-0.05, 0) is 0 Å². The molecular formula is C7H7N3O2. The number of nitrogens with zero attached hydrogens (tertiary/aromatic N) is 2. The molecule has 0 saturated carbocycles. The molecule has 2 amide bonds. The van der Waals surface area contributed by atoms with Gasteiger partial charge in [0.05, 0.1) is 6.20 Å². The maximum absolute atomic E-state index is 11.0. The van der Waals surface area contributed by atoms with Crippen molar-refractivity contribution < 1.29 is 9.59 Å². The third-order valence-electron chi connectivity index (χ3n) is 1.09. The number of imide groups is 1. The van der Waals surface area contributed by atoms with Crippen molar-refractivity contribution in [2.75, 3.05) is 0 Å². The summed E-state index contributed by atoms with van der Waals surface area (Å²) in [6, 6.07) is 0. The first-order chi connectivity index (χ1) is 5.70. The highest BCUT2D eigenvalue weighted by Crippen LogP contribution is 1.88. The first kappa shape index (κ1) is 8.32. The van der Waals surface area contributed by atoms with Crippen LogP contribution in [0.25, 0.3) is 0 Å². The lowest BCUT2D eigenvalue weighted by Gasteiger charge is -1.97. The Morgan fingerprint density at radius 1 is 1.42 bits per heavy atom. The van der Waals surface area contributed by atoms with Crippen molar-refractivity contribution in [3.8, 4) is 0 Å².